The van der Waals surface area contributed by atoms with Crippen molar-refractivity contribution >= 4 is 34.9 Å². The lowest BCUT2D eigenvalue weighted by atomic mass is 9.96. The smallest absolute Gasteiger partial charge is 0.317 e. The molecule has 1 saturated carbocycles. The summed E-state index contributed by atoms with van der Waals surface area (Å²) in [4.78, 5) is 36.7. The molecule has 152 valence electrons. The number of benzene rings is 2. The van der Waals surface area contributed by atoms with E-state index in [9.17, 15) is 14.4 Å². The number of carbonyl (C=O) groups excluding carboxylic acids is 3. The van der Waals surface area contributed by atoms with Crippen LogP contribution in [-0.2, 0) is 19.7 Å². The van der Waals surface area contributed by atoms with Gasteiger partial charge in [-0.1, -0.05) is 37.6 Å². The molecular weight excluding hydrogens is 390 g/mol. The molecule has 0 bridgehead atoms. The number of halogens is 1. The molecule has 1 fully saturated rings. The van der Waals surface area contributed by atoms with Crippen LogP contribution < -0.4 is 5.32 Å². The van der Waals surface area contributed by atoms with E-state index in [0.717, 1.165) is 5.56 Å². The van der Waals surface area contributed by atoms with E-state index in [1.807, 2.05) is 26.0 Å². The van der Waals surface area contributed by atoms with E-state index >= 15 is 0 Å². The second-order valence-corrected chi connectivity index (χ2v) is 8.25. The molecule has 0 aromatic heterocycles. The Labute approximate surface area is 175 Å². The summed E-state index contributed by atoms with van der Waals surface area (Å²) >= 11 is 5.91. The summed E-state index contributed by atoms with van der Waals surface area (Å²) in [6, 6.07) is 13.7. The molecule has 5 nitrogen and oxygen atoms in total. The maximum Gasteiger partial charge on any atom is 0.317 e. The van der Waals surface area contributed by atoms with E-state index in [1.54, 1.807) is 36.4 Å². The van der Waals surface area contributed by atoms with Crippen molar-refractivity contribution in [2.45, 2.75) is 38.5 Å². The average molecular weight is 414 g/mol. The Bertz CT molecular complexity index is 899. The van der Waals surface area contributed by atoms with Gasteiger partial charge in [0.25, 0.3) is 0 Å². The minimum Gasteiger partial charge on any atom is -0.457 e. The van der Waals surface area contributed by atoms with Gasteiger partial charge >= 0.3 is 5.97 Å². The van der Waals surface area contributed by atoms with Gasteiger partial charge in [0.2, 0.25) is 5.91 Å². The van der Waals surface area contributed by atoms with Crippen molar-refractivity contribution in [3.05, 3.63) is 64.7 Å². The number of Topliss-reactive ketones (excluding diaryl/α,β-unsaturated/α-hetero) is 1. The molecular formula is C23H24ClNO4. The van der Waals surface area contributed by atoms with Gasteiger partial charge in [-0.05, 0) is 60.7 Å². The maximum absolute atomic E-state index is 12.6. The Hall–Kier alpha value is -2.66. The molecule has 3 rings (SSSR count). The lowest BCUT2D eigenvalue weighted by molar-refractivity contribution is -0.145. The number of esters is 1. The summed E-state index contributed by atoms with van der Waals surface area (Å²) in [5.74, 6) is -0.464. The Morgan fingerprint density at radius 2 is 1.66 bits per heavy atom. The van der Waals surface area contributed by atoms with Crippen LogP contribution in [0.5, 0.6) is 0 Å². The van der Waals surface area contributed by atoms with Crippen LogP contribution in [0.25, 0.3) is 0 Å². The van der Waals surface area contributed by atoms with Crippen molar-refractivity contribution in [2.24, 2.45) is 5.92 Å². The third-order valence-corrected chi connectivity index (χ3v) is 5.21. The van der Waals surface area contributed by atoms with Gasteiger partial charge in [0.05, 0.1) is 5.41 Å². The SMILES string of the molecule is CC(C)CC(=O)Nc1ccc(C(=O)COC(=O)C2(c3ccc(Cl)cc3)CC2)cc1. The number of amides is 1. The quantitative estimate of drug-likeness (QED) is 0.499. The first-order valence-electron chi connectivity index (χ1n) is 9.66. The van der Waals surface area contributed by atoms with Gasteiger partial charge in [-0.2, -0.15) is 0 Å². The first-order valence-corrected chi connectivity index (χ1v) is 10.0. The predicted octanol–water partition coefficient (Wildman–Crippen LogP) is 4.78. The zero-order chi connectivity index (χ0) is 21.0. The van der Waals surface area contributed by atoms with E-state index in [-0.39, 0.29) is 30.2 Å². The van der Waals surface area contributed by atoms with Crippen LogP contribution in [0.4, 0.5) is 5.69 Å². The van der Waals surface area contributed by atoms with Gasteiger partial charge in [-0.15, -0.1) is 0 Å². The molecule has 0 unspecified atom stereocenters. The number of hydrogen-bond donors (Lipinski definition) is 1. The van der Waals surface area contributed by atoms with Crippen LogP contribution in [-0.4, -0.2) is 24.3 Å². The molecule has 2 aromatic rings. The highest BCUT2D eigenvalue weighted by Crippen LogP contribution is 2.49. The zero-order valence-electron chi connectivity index (χ0n) is 16.5. The number of hydrogen-bond acceptors (Lipinski definition) is 4. The fourth-order valence-electron chi connectivity index (χ4n) is 3.18. The van der Waals surface area contributed by atoms with E-state index in [2.05, 4.69) is 5.32 Å². The fourth-order valence-corrected chi connectivity index (χ4v) is 3.31. The minimum absolute atomic E-state index is 0.0649. The van der Waals surface area contributed by atoms with Gasteiger partial charge in [0.1, 0.15) is 0 Å². The van der Waals surface area contributed by atoms with Crippen molar-refractivity contribution in [1.29, 1.82) is 0 Å². The van der Waals surface area contributed by atoms with Crippen molar-refractivity contribution in [3.8, 4) is 0 Å². The number of carbonyl (C=O) groups is 3. The summed E-state index contributed by atoms with van der Waals surface area (Å²) in [7, 11) is 0. The standard InChI is InChI=1S/C23H24ClNO4/c1-15(2)13-21(27)25-19-9-3-16(4-10-19)20(26)14-29-22(28)23(11-12-23)17-5-7-18(24)8-6-17/h3-10,15H,11-14H2,1-2H3,(H,25,27). The molecule has 1 aliphatic rings. The van der Waals surface area contributed by atoms with Gasteiger partial charge in [0, 0.05) is 22.7 Å². The average Bonchev–Trinajstić information content (AvgIpc) is 3.48. The molecule has 0 atom stereocenters. The van der Waals surface area contributed by atoms with Gasteiger partial charge in [-0.25, -0.2) is 0 Å². The molecule has 29 heavy (non-hydrogen) atoms. The van der Waals surface area contributed by atoms with Crippen molar-refractivity contribution < 1.29 is 19.1 Å². The third kappa shape index (κ3) is 5.24. The van der Waals surface area contributed by atoms with E-state index in [1.165, 1.54) is 0 Å². The normalized spacial score (nSPS) is 14.3. The number of ketones is 1. The number of nitrogens with one attached hydrogen (secondary N) is 1. The number of rotatable bonds is 8. The fraction of sp³-hybridized carbons (Fsp3) is 0.348. The molecule has 1 amide bonds. The van der Waals surface area contributed by atoms with Crippen molar-refractivity contribution in [1.82, 2.24) is 0 Å². The summed E-state index contributed by atoms with van der Waals surface area (Å²) < 4.78 is 5.32. The van der Waals surface area contributed by atoms with Crippen molar-refractivity contribution in [3.63, 3.8) is 0 Å². The Balaban J connectivity index is 1.54. The summed E-state index contributed by atoms with van der Waals surface area (Å²) in [6.07, 6.45) is 1.84. The maximum atomic E-state index is 12.6. The van der Waals surface area contributed by atoms with Gasteiger partial charge in [0.15, 0.2) is 12.4 Å². The summed E-state index contributed by atoms with van der Waals surface area (Å²) in [5, 5.41) is 3.40. The first-order chi connectivity index (χ1) is 13.8. The Morgan fingerprint density at radius 3 is 2.21 bits per heavy atom. The van der Waals surface area contributed by atoms with Crippen LogP contribution in [0.2, 0.25) is 5.02 Å². The van der Waals surface area contributed by atoms with Crippen molar-refractivity contribution in [2.75, 3.05) is 11.9 Å². The van der Waals surface area contributed by atoms with Gasteiger partial charge < -0.3 is 10.1 Å². The van der Waals surface area contributed by atoms with Crippen LogP contribution in [0.3, 0.4) is 0 Å². The summed E-state index contributed by atoms with van der Waals surface area (Å²) in [5.41, 5.74) is 1.26. The third-order valence-electron chi connectivity index (χ3n) is 4.96. The highest BCUT2D eigenvalue weighted by atomic mass is 35.5. The lowest BCUT2D eigenvalue weighted by Gasteiger charge is -2.15. The molecule has 0 heterocycles. The Morgan fingerprint density at radius 1 is 1.03 bits per heavy atom. The monoisotopic (exact) mass is 413 g/mol. The molecule has 1 N–H and O–H groups in total. The van der Waals surface area contributed by atoms with E-state index < -0.39 is 5.41 Å². The highest BCUT2D eigenvalue weighted by Gasteiger charge is 2.52. The minimum atomic E-state index is -0.657. The number of anilines is 1. The summed E-state index contributed by atoms with van der Waals surface area (Å²) in [6.45, 7) is 3.63. The topological polar surface area (TPSA) is 72.5 Å². The Kier molecular flexibility index (Phi) is 6.38. The second-order valence-electron chi connectivity index (χ2n) is 7.81. The lowest BCUT2D eigenvalue weighted by Crippen LogP contribution is -2.25. The van der Waals surface area contributed by atoms with Crippen LogP contribution in [0, 0.1) is 5.92 Å². The molecule has 0 spiro atoms. The first kappa shape index (κ1) is 21.1. The van der Waals surface area contributed by atoms with Crippen LogP contribution >= 0.6 is 11.6 Å². The molecule has 0 saturated heterocycles. The molecule has 6 heteroatoms. The second kappa shape index (κ2) is 8.78. The van der Waals surface area contributed by atoms with Crippen LogP contribution in [0.1, 0.15) is 49.0 Å². The molecule has 2 aromatic carbocycles. The number of ether oxygens (including phenoxy) is 1. The zero-order valence-corrected chi connectivity index (χ0v) is 17.3. The predicted molar refractivity (Wildman–Crippen MR) is 112 cm³/mol. The molecule has 0 aliphatic heterocycles. The largest absolute Gasteiger partial charge is 0.457 e. The van der Waals surface area contributed by atoms with E-state index in [4.69, 9.17) is 16.3 Å². The van der Waals surface area contributed by atoms with Crippen LogP contribution in [0.15, 0.2) is 48.5 Å². The molecule has 0 radical (unpaired) electrons. The highest BCUT2D eigenvalue weighted by molar-refractivity contribution is 6.30. The molecule has 1 aliphatic carbocycles. The van der Waals surface area contributed by atoms with E-state index in [0.29, 0.717) is 35.5 Å². The van der Waals surface area contributed by atoms with Gasteiger partial charge in [-0.3, -0.25) is 14.4 Å².